The zero-order valence-electron chi connectivity index (χ0n) is 13.9. The van der Waals surface area contributed by atoms with Gasteiger partial charge >= 0.3 is 0 Å². The van der Waals surface area contributed by atoms with E-state index in [4.69, 9.17) is 9.47 Å². The number of methoxy groups -OCH3 is 1. The second-order valence-electron chi connectivity index (χ2n) is 5.76. The molecule has 1 aliphatic heterocycles. The minimum Gasteiger partial charge on any atom is -0.493 e. The number of amides is 1. The summed E-state index contributed by atoms with van der Waals surface area (Å²) in [6.45, 7) is 2.45. The van der Waals surface area contributed by atoms with Crippen LogP contribution in [-0.4, -0.2) is 36.6 Å². The van der Waals surface area contributed by atoms with Crippen molar-refractivity contribution in [3.05, 3.63) is 51.6 Å². The molecule has 0 saturated heterocycles. The monoisotopic (exact) mass is 390 g/mol. The van der Waals surface area contributed by atoms with Crippen LogP contribution >= 0.6 is 15.9 Å². The fraction of sp³-hybridized carbons (Fsp3) is 0.333. The van der Waals surface area contributed by atoms with Crippen molar-refractivity contribution in [2.24, 2.45) is 0 Å². The zero-order valence-corrected chi connectivity index (χ0v) is 15.5. The van der Waals surface area contributed by atoms with Crippen LogP contribution < -0.4 is 9.47 Å². The van der Waals surface area contributed by atoms with E-state index >= 15 is 0 Å². The fourth-order valence-corrected chi connectivity index (χ4v) is 3.31. The first-order valence-electron chi connectivity index (χ1n) is 7.72. The summed E-state index contributed by atoms with van der Waals surface area (Å²) in [4.78, 5) is 19.0. The van der Waals surface area contributed by atoms with Gasteiger partial charge in [0.2, 0.25) is 5.88 Å². The normalized spacial score (nSPS) is 16.1. The van der Waals surface area contributed by atoms with Crippen LogP contribution in [0.5, 0.6) is 11.6 Å². The number of nitrogens with zero attached hydrogens (tertiary/aromatic N) is 2. The molecule has 1 atom stereocenters. The molecule has 1 aromatic heterocycles. The van der Waals surface area contributed by atoms with E-state index in [0.29, 0.717) is 18.1 Å². The van der Waals surface area contributed by atoms with Crippen LogP contribution in [-0.2, 0) is 0 Å². The molecule has 1 amide bonds. The fourth-order valence-electron chi connectivity index (χ4n) is 2.93. The predicted molar refractivity (Wildman–Crippen MR) is 94.6 cm³/mol. The number of rotatable bonds is 3. The van der Waals surface area contributed by atoms with Gasteiger partial charge in [-0.15, -0.1) is 0 Å². The molecular weight excluding hydrogens is 372 g/mol. The molecule has 1 aromatic carbocycles. The van der Waals surface area contributed by atoms with Crippen molar-refractivity contribution in [3.63, 3.8) is 0 Å². The molecule has 0 saturated carbocycles. The third kappa shape index (κ3) is 3.11. The largest absolute Gasteiger partial charge is 0.493 e. The lowest BCUT2D eigenvalue weighted by atomic mass is 9.98. The van der Waals surface area contributed by atoms with Gasteiger partial charge in [0.05, 0.1) is 19.8 Å². The second-order valence-corrected chi connectivity index (χ2v) is 6.68. The summed E-state index contributed by atoms with van der Waals surface area (Å²) in [6.07, 6.45) is 0.743. The number of hydrogen-bond donors (Lipinski definition) is 0. The standard InChI is InChI=1S/C18H19BrN2O3/c1-11-4-6-13(17(20-11)23-3)18(22)21(2)15-8-9-24-16-7-5-12(19)10-14(15)16/h4-7,10,15H,8-9H2,1-3H3. The average molecular weight is 391 g/mol. The molecule has 5 nitrogen and oxygen atoms in total. The second kappa shape index (κ2) is 6.81. The van der Waals surface area contributed by atoms with Crippen molar-refractivity contribution in [3.8, 4) is 11.6 Å². The maximum absolute atomic E-state index is 13.0. The highest BCUT2D eigenvalue weighted by molar-refractivity contribution is 9.10. The Kier molecular flexibility index (Phi) is 4.76. The maximum Gasteiger partial charge on any atom is 0.259 e. The highest BCUT2D eigenvalue weighted by Crippen LogP contribution is 2.38. The van der Waals surface area contributed by atoms with Crippen LogP contribution in [0.1, 0.15) is 34.1 Å². The number of ether oxygens (including phenoxy) is 2. The van der Waals surface area contributed by atoms with E-state index in [1.54, 1.807) is 11.0 Å². The SMILES string of the molecule is COc1nc(C)ccc1C(=O)N(C)C1CCOc2ccc(Br)cc21. The van der Waals surface area contributed by atoms with Gasteiger partial charge in [0, 0.05) is 29.2 Å². The molecule has 0 bridgehead atoms. The van der Waals surface area contributed by atoms with Crippen LogP contribution in [0.3, 0.4) is 0 Å². The zero-order chi connectivity index (χ0) is 17.3. The van der Waals surface area contributed by atoms with Gasteiger partial charge in [0.15, 0.2) is 0 Å². The lowest BCUT2D eigenvalue weighted by molar-refractivity contribution is 0.0682. The molecule has 24 heavy (non-hydrogen) atoms. The molecule has 0 fully saturated rings. The van der Waals surface area contributed by atoms with Crippen LogP contribution in [0.15, 0.2) is 34.8 Å². The first-order valence-corrected chi connectivity index (χ1v) is 8.51. The van der Waals surface area contributed by atoms with Crippen LogP contribution in [0.4, 0.5) is 0 Å². The van der Waals surface area contributed by atoms with Crippen molar-refractivity contribution in [2.75, 3.05) is 20.8 Å². The number of carbonyl (C=O) groups excluding carboxylic acids is 1. The molecule has 6 heteroatoms. The smallest absolute Gasteiger partial charge is 0.259 e. The third-order valence-electron chi connectivity index (χ3n) is 4.19. The number of aromatic nitrogens is 1. The van der Waals surface area contributed by atoms with Crippen molar-refractivity contribution in [1.82, 2.24) is 9.88 Å². The summed E-state index contributed by atoms with van der Waals surface area (Å²) in [7, 11) is 3.34. The van der Waals surface area contributed by atoms with E-state index in [-0.39, 0.29) is 11.9 Å². The number of halogens is 1. The molecule has 0 aliphatic carbocycles. The van der Waals surface area contributed by atoms with Gasteiger partial charge in [-0.2, -0.15) is 0 Å². The minimum absolute atomic E-state index is 0.0511. The average Bonchev–Trinajstić information content (AvgIpc) is 2.59. The summed E-state index contributed by atoms with van der Waals surface area (Å²) < 4.78 is 12.0. The highest BCUT2D eigenvalue weighted by atomic mass is 79.9. The van der Waals surface area contributed by atoms with Crippen molar-refractivity contribution in [1.29, 1.82) is 0 Å². The van der Waals surface area contributed by atoms with Crippen molar-refractivity contribution in [2.45, 2.75) is 19.4 Å². The molecule has 126 valence electrons. The molecule has 0 N–H and O–H groups in total. The van der Waals surface area contributed by atoms with E-state index in [2.05, 4.69) is 20.9 Å². The number of benzene rings is 1. The van der Waals surface area contributed by atoms with Gasteiger partial charge in [-0.05, 0) is 37.3 Å². The van der Waals surface area contributed by atoms with E-state index in [0.717, 1.165) is 27.9 Å². The molecule has 0 radical (unpaired) electrons. The van der Waals surface area contributed by atoms with E-state index in [1.807, 2.05) is 38.2 Å². The molecular formula is C18H19BrN2O3. The third-order valence-corrected chi connectivity index (χ3v) is 4.68. The van der Waals surface area contributed by atoms with Gasteiger partial charge in [-0.3, -0.25) is 4.79 Å². The molecule has 0 spiro atoms. The number of carbonyl (C=O) groups is 1. The van der Waals surface area contributed by atoms with Gasteiger partial charge in [-0.1, -0.05) is 15.9 Å². The van der Waals surface area contributed by atoms with Gasteiger partial charge in [-0.25, -0.2) is 4.98 Å². The van der Waals surface area contributed by atoms with Crippen LogP contribution in [0.25, 0.3) is 0 Å². The van der Waals surface area contributed by atoms with Crippen LogP contribution in [0.2, 0.25) is 0 Å². The summed E-state index contributed by atoms with van der Waals surface area (Å²) in [5, 5.41) is 0. The Morgan fingerprint density at radius 3 is 2.92 bits per heavy atom. The molecule has 1 aliphatic rings. The lowest BCUT2D eigenvalue weighted by Crippen LogP contribution is -2.34. The Bertz CT molecular complexity index is 779. The van der Waals surface area contributed by atoms with E-state index < -0.39 is 0 Å². The van der Waals surface area contributed by atoms with Gasteiger partial charge in [0.25, 0.3) is 5.91 Å². The lowest BCUT2D eigenvalue weighted by Gasteiger charge is -2.33. The first-order chi connectivity index (χ1) is 11.5. The maximum atomic E-state index is 13.0. The van der Waals surface area contributed by atoms with E-state index in [1.165, 1.54) is 7.11 Å². The first kappa shape index (κ1) is 16.8. The predicted octanol–water partition coefficient (Wildman–Crippen LogP) is 3.76. The number of pyridine rings is 1. The topological polar surface area (TPSA) is 51.7 Å². The van der Waals surface area contributed by atoms with Gasteiger partial charge < -0.3 is 14.4 Å². The summed E-state index contributed by atoms with van der Waals surface area (Å²) in [5.74, 6) is 1.06. The molecule has 2 aromatic rings. The van der Waals surface area contributed by atoms with Crippen LogP contribution in [0, 0.1) is 6.92 Å². The van der Waals surface area contributed by atoms with Crippen molar-refractivity contribution >= 4 is 21.8 Å². The Hall–Kier alpha value is -2.08. The molecule has 1 unspecified atom stereocenters. The molecule has 3 rings (SSSR count). The number of fused-ring (bicyclic) bond motifs is 1. The minimum atomic E-state index is -0.114. The van der Waals surface area contributed by atoms with Gasteiger partial charge in [0.1, 0.15) is 11.3 Å². The highest BCUT2D eigenvalue weighted by Gasteiger charge is 2.30. The summed E-state index contributed by atoms with van der Waals surface area (Å²) in [6, 6.07) is 9.41. The Balaban J connectivity index is 1.94. The Labute approximate surface area is 149 Å². The van der Waals surface area contributed by atoms with Crippen molar-refractivity contribution < 1.29 is 14.3 Å². The Morgan fingerprint density at radius 1 is 1.38 bits per heavy atom. The summed E-state index contributed by atoms with van der Waals surface area (Å²) >= 11 is 3.49. The number of hydrogen-bond acceptors (Lipinski definition) is 4. The summed E-state index contributed by atoms with van der Waals surface area (Å²) in [5.41, 5.74) is 2.28. The quantitative estimate of drug-likeness (QED) is 0.800. The number of aryl methyl sites for hydroxylation is 1. The molecule has 2 heterocycles. The van der Waals surface area contributed by atoms with E-state index in [9.17, 15) is 4.79 Å². The Morgan fingerprint density at radius 2 is 2.17 bits per heavy atom.